The zero-order valence-corrected chi connectivity index (χ0v) is 16.9. The van der Waals surface area contributed by atoms with Crippen LogP contribution in [-0.2, 0) is 4.79 Å². The summed E-state index contributed by atoms with van der Waals surface area (Å²) in [6.45, 7) is 4.21. The van der Waals surface area contributed by atoms with Crippen molar-refractivity contribution in [3.05, 3.63) is 35.7 Å². The highest BCUT2D eigenvalue weighted by atomic mass is 32.2. The van der Waals surface area contributed by atoms with Crippen LogP contribution < -0.4 is 5.32 Å². The fourth-order valence-corrected chi connectivity index (χ4v) is 3.55. The van der Waals surface area contributed by atoms with Gasteiger partial charge in [-0.05, 0) is 37.1 Å². The van der Waals surface area contributed by atoms with E-state index in [4.69, 9.17) is 0 Å². The van der Waals surface area contributed by atoms with Gasteiger partial charge in [0.05, 0.1) is 5.75 Å². The Bertz CT molecular complexity index is 825. The molecule has 1 aromatic heterocycles. The van der Waals surface area contributed by atoms with Gasteiger partial charge in [0.15, 0.2) is 5.16 Å². The Hall–Kier alpha value is -2.35. The number of nitrogens with zero attached hydrogens (tertiary/aromatic N) is 4. The Kier molecular flexibility index (Phi) is 5.84. The zero-order chi connectivity index (χ0) is 19.6. The topological polar surface area (TPSA) is 80.1 Å². The molecule has 144 valence electrons. The van der Waals surface area contributed by atoms with Crippen molar-refractivity contribution in [2.45, 2.75) is 43.8 Å². The van der Waals surface area contributed by atoms with Crippen LogP contribution in [-0.4, -0.2) is 51.3 Å². The van der Waals surface area contributed by atoms with Crippen LogP contribution in [0.1, 0.15) is 54.8 Å². The van der Waals surface area contributed by atoms with Crippen molar-refractivity contribution < 1.29 is 9.59 Å². The average Bonchev–Trinajstić information content (AvgIpc) is 3.38. The van der Waals surface area contributed by atoms with Gasteiger partial charge in [-0.25, -0.2) is 0 Å². The molecule has 0 bridgehead atoms. The van der Waals surface area contributed by atoms with E-state index in [1.807, 2.05) is 0 Å². The number of rotatable bonds is 7. The lowest BCUT2D eigenvalue weighted by Gasteiger charge is -2.11. The van der Waals surface area contributed by atoms with Crippen molar-refractivity contribution in [2.75, 3.05) is 25.2 Å². The maximum Gasteiger partial charge on any atom is 0.253 e. The minimum absolute atomic E-state index is 0.0659. The van der Waals surface area contributed by atoms with E-state index in [0.29, 0.717) is 23.2 Å². The van der Waals surface area contributed by atoms with Gasteiger partial charge >= 0.3 is 0 Å². The lowest BCUT2D eigenvalue weighted by Crippen LogP contribution is -2.21. The van der Waals surface area contributed by atoms with Crippen LogP contribution in [0, 0.1) is 0 Å². The predicted octanol–water partition coefficient (Wildman–Crippen LogP) is 3.17. The summed E-state index contributed by atoms with van der Waals surface area (Å²) in [5.74, 6) is 1.39. The molecular formula is C19H25N5O2S. The minimum Gasteiger partial charge on any atom is -0.345 e. The van der Waals surface area contributed by atoms with E-state index in [2.05, 4.69) is 33.9 Å². The first kappa shape index (κ1) is 19.4. The van der Waals surface area contributed by atoms with E-state index in [1.54, 1.807) is 38.4 Å². The minimum atomic E-state index is -0.108. The first-order valence-electron chi connectivity index (χ1n) is 9.06. The average molecular weight is 388 g/mol. The number of carbonyl (C=O) groups is 2. The maximum atomic E-state index is 12.3. The molecule has 2 aromatic rings. The van der Waals surface area contributed by atoms with Gasteiger partial charge in [-0.1, -0.05) is 25.6 Å². The second kappa shape index (κ2) is 8.12. The van der Waals surface area contributed by atoms with Crippen molar-refractivity contribution in [3.8, 4) is 0 Å². The first-order chi connectivity index (χ1) is 12.9. The summed E-state index contributed by atoms with van der Waals surface area (Å²) in [6, 6.07) is 7.38. The summed E-state index contributed by atoms with van der Waals surface area (Å²) in [6.07, 6.45) is 2.30. The Morgan fingerprint density at radius 2 is 1.89 bits per heavy atom. The summed E-state index contributed by atoms with van der Waals surface area (Å²) < 4.78 is 2.18. The summed E-state index contributed by atoms with van der Waals surface area (Å²) in [7, 11) is 3.42. The fraction of sp³-hybridized carbons (Fsp3) is 0.474. The number of aromatic nitrogens is 3. The SMILES string of the molecule is CC(C)c1nnc(SCC(=O)Nc2ccc(C(=O)N(C)C)cc2)n1C1CC1. The second-order valence-corrected chi connectivity index (χ2v) is 8.15. The number of nitrogens with one attached hydrogen (secondary N) is 1. The molecule has 27 heavy (non-hydrogen) atoms. The first-order valence-corrected chi connectivity index (χ1v) is 10.0. The van der Waals surface area contributed by atoms with Crippen LogP contribution >= 0.6 is 11.8 Å². The monoisotopic (exact) mass is 387 g/mol. The van der Waals surface area contributed by atoms with Gasteiger partial charge < -0.3 is 14.8 Å². The van der Waals surface area contributed by atoms with E-state index < -0.39 is 0 Å². The largest absolute Gasteiger partial charge is 0.345 e. The van der Waals surface area contributed by atoms with Gasteiger partial charge in [-0.2, -0.15) is 0 Å². The Morgan fingerprint density at radius 1 is 1.22 bits per heavy atom. The van der Waals surface area contributed by atoms with Crippen LogP contribution in [0.3, 0.4) is 0 Å². The molecule has 0 unspecified atom stereocenters. The molecule has 0 radical (unpaired) electrons. The molecule has 1 N–H and O–H groups in total. The summed E-state index contributed by atoms with van der Waals surface area (Å²) in [4.78, 5) is 25.7. The molecule has 1 aromatic carbocycles. The van der Waals surface area contributed by atoms with Gasteiger partial charge in [0.1, 0.15) is 5.82 Å². The third-order valence-electron chi connectivity index (χ3n) is 4.27. The normalized spacial score (nSPS) is 13.7. The summed E-state index contributed by atoms with van der Waals surface area (Å²) in [5, 5.41) is 12.3. The van der Waals surface area contributed by atoms with Crippen molar-refractivity contribution in [3.63, 3.8) is 0 Å². The third kappa shape index (κ3) is 4.68. The number of hydrogen-bond donors (Lipinski definition) is 1. The molecule has 3 rings (SSSR count). The number of amides is 2. The van der Waals surface area contributed by atoms with Crippen LogP contribution in [0.25, 0.3) is 0 Å². The summed E-state index contributed by atoms with van der Waals surface area (Å²) in [5.41, 5.74) is 1.26. The van der Waals surface area contributed by atoms with E-state index >= 15 is 0 Å². The molecule has 8 heteroatoms. The molecule has 1 aliphatic carbocycles. The van der Waals surface area contributed by atoms with Gasteiger partial charge in [0, 0.05) is 37.3 Å². The molecule has 0 aliphatic heterocycles. The fourth-order valence-electron chi connectivity index (χ4n) is 2.74. The number of carbonyl (C=O) groups excluding carboxylic acids is 2. The molecule has 1 aliphatic rings. The van der Waals surface area contributed by atoms with E-state index in [-0.39, 0.29) is 17.6 Å². The molecule has 1 heterocycles. The maximum absolute atomic E-state index is 12.3. The van der Waals surface area contributed by atoms with Crippen LogP contribution in [0.5, 0.6) is 0 Å². The predicted molar refractivity (Wildman–Crippen MR) is 106 cm³/mol. The Morgan fingerprint density at radius 3 is 2.44 bits per heavy atom. The number of anilines is 1. The van der Waals surface area contributed by atoms with Crippen LogP contribution in [0.15, 0.2) is 29.4 Å². The van der Waals surface area contributed by atoms with Crippen molar-refractivity contribution in [1.82, 2.24) is 19.7 Å². The van der Waals surface area contributed by atoms with Crippen molar-refractivity contribution in [2.24, 2.45) is 0 Å². The lowest BCUT2D eigenvalue weighted by molar-refractivity contribution is -0.113. The van der Waals surface area contributed by atoms with E-state index in [0.717, 1.165) is 23.8 Å². The van der Waals surface area contributed by atoms with E-state index in [9.17, 15) is 9.59 Å². The molecule has 1 fully saturated rings. The zero-order valence-electron chi connectivity index (χ0n) is 16.1. The Labute approximate surface area is 163 Å². The highest BCUT2D eigenvalue weighted by Crippen LogP contribution is 2.40. The number of benzene rings is 1. The Balaban J connectivity index is 1.58. The lowest BCUT2D eigenvalue weighted by atomic mass is 10.2. The molecule has 1 saturated carbocycles. The molecular weight excluding hydrogens is 362 g/mol. The third-order valence-corrected chi connectivity index (χ3v) is 5.22. The van der Waals surface area contributed by atoms with Crippen LogP contribution in [0.2, 0.25) is 0 Å². The highest BCUT2D eigenvalue weighted by Gasteiger charge is 2.30. The molecule has 0 saturated heterocycles. The van der Waals surface area contributed by atoms with Gasteiger partial charge in [-0.3, -0.25) is 9.59 Å². The molecule has 7 nitrogen and oxygen atoms in total. The van der Waals surface area contributed by atoms with Crippen LogP contribution in [0.4, 0.5) is 5.69 Å². The highest BCUT2D eigenvalue weighted by molar-refractivity contribution is 7.99. The quantitative estimate of drug-likeness (QED) is 0.738. The van der Waals surface area contributed by atoms with Gasteiger partial charge in [0.25, 0.3) is 5.91 Å². The molecule has 2 amide bonds. The van der Waals surface area contributed by atoms with Gasteiger partial charge in [-0.15, -0.1) is 10.2 Å². The summed E-state index contributed by atoms with van der Waals surface area (Å²) >= 11 is 1.41. The van der Waals surface area contributed by atoms with E-state index in [1.165, 1.54) is 16.7 Å². The number of hydrogen-bond acceptors (Lipinski definition) is 5. The van der Waals surface area contributed by atoms with Gasteiger partial charge in [0.2, 0.25) is 5.91 Å². The molecule has 0 atom stereocenters. The number of thioether (sulfide) groups is 1. The smallest absolute Gasteiger partial charge is 0.253 e. The second-order valence-electron chi connectivity index (χ2n) is 7.21. The standard InChI is InChI=1S/C19H25N5O2S/c1-12(2)17-21-22-19(24(17)15-9-10-15)27-11-16(25)20-14-7-5-13(6-8-14)18(26)23(3)4/h5-8,12,15H,9-11H2,1-4H3,(H,20,25). The van der Waals surface area contributed by atoms with Crippen molar-refractivity contribution >= 4 is 29.3 Å². The molecule has 0 spiro atoms. The van der Waals surface area contributed by atoms with Crippen molar-refractivity contribution in [1.29, 1.82) is 0 Å².